The van der Waals surface area contributed by atoms with Crippen LogP contribution in [0.2, 0.25) is 0 Å². The van der Waals surface area contributed by atoms with Gasteiger partial charge < -0.3 is 0 Å². The summed E-state index contributed by atoms with van der Waals surface area (Å²) >= 11 is 1.79. The van der Waals surface area contributed by atoms with E-state index >= 15 is 0 Å². The highest BCUT2D eigenvalue weighted by Gasteiger charge is 1.76. The smallest absolute Gasteiger partial charge is 0.00520 e. The van der Waals surface area contributed by atoms with Crippen molar-refractivity contribution in [3.05, 3.63) is 11.5 Å². The van der Waals surface area contributed by atoms with Crippen molar-refractivity contribution in [2.45, 2.75) is 27.7 Å². The van der Waals surface area contributed by atoms with E-state index in [0.29, 0.717) is 0 Å². The largest absolute Gasteiger partial charge is 0.132 e. The van der Waals surface area contributed by atoms with Crippen molar-refractivity contribution in [3.63, 3.8) is 0 Å². The second-order valence-corrected chi connectivity index (χ2v) is 2.70. The molecule has 0 rings (SSSR count). The summed E-state index contributed by atoms with van der Waals surface area (Å²) in [6, 6.07) is 0. The lowest BCUT2D eigenvalue weighted by Gasteiger charge is -1.87. The maximum Gasteiger partial charge on any atom is -0.00520 e. The van der Waals surface area contributed by atoms with Crippen LogP contribution in [0.5, 0.6) is 0 Å². The highest BCUT2D eigenvalue weighted by Crippen LogP contribution is 2.08. The SMILES string of the molecule is C=C(C)SCC.CC. The molecule has 0 aliphatic rings. The van der Waals surface area contributed by atoms with Crippen LogP contribution >= 0.6 is 11.8 Å². The van der Waals surface area contributed by atoms with E-state index in [1.54, 1.807) is 11.8 Å². The summed E-state index contributed by atoms with van der Waals surface area (Å²) < 4.78 is 0. The van der Waals surface area contributed by atoms with Crippen molar-refractivity contribution in [1.29, 1.82) is 0 Å². The van der Waals surface area contributed by atoms with Crippen LogP contribution in [0.1, 0.15) is 27.7 Å². The van der Waals surface area contributed by atoms with Crippen LogP contribution < -0.4 is 0 Å². The third-order valence-electron chi connectivity index (χ3n) is 0.391. The van der Waals surface area contributed by atoms with Crippen LogP contribution in [0, 0.1) is 0 Å². The summed E-state index contributed by atoms with van der Waals surface area (Å²) in [5, 5.41) is 0. The Morgan fingerprint density at radius 1 is 1.50 bits per heavy atom. The van der Waals surface area contributed by atoms with Gasteiger partial charge in [0.05, 0.1) is 0 Å². The summed E-state index contributed by atoms with van der Waals surface area (Å²) in [7, 11) is 0. The number of hydrogen-bond acceptors (Lipinski definition) is 1. The third-order valence-corrected chi connectivity index (χ3v) is 1.17. The Labute approximate surface area is 57.4 Å². The monoisotopic (exact) mass is 132 g/mol. The van der Waals surface area contributed by atoms with E-state index in [0.717, 1.165) is 5.75 Å². The fourth-order valence-corrected chi connectivity index (χ4v) is 0.739. The van der Waals surface area contributed by atoms with Gasteiger partial charge in [0.2, 0.25) is 0 Å². The summed E-state index contributed by atoms with van der Waals surface area (Å²) in [6.07, 6.45) is 0. The highest BCUT2D eigenvalue weighted by atomic mass is 32.2. The fraction of sp³-hybridized carbons (Fsp3) is 0.714. The molecule has 0 nitrogen and oxygen atoms in total. The molecule has 0 spiro atoms. The Morgan fingerprint density at radius 3 is 1.88 bits per heavy atom. The van der Waals surface area contributed by atoms with Crippen molar-refractivity contribution >= 4 is 11.8 Å². The zero-order valence-corrected chi connectivity index (χ0v) is 7.14. The van der Waals surface area contributed by atoms with Gasteiger partial charge in [-0.3, -0.25) is 0 Å². The van der Waals surface area contributed by atoms with Gasteiger partial charge in [0.1, 0.15) is 0 Å². The van der Waals surface area contributed by atoms with Crippen molar-refractivity contribution in [2.24, 2.45) is 0 Å². The van der Waals surface area contributed by atoms with Crippen molar-refractivity contribution < 1.29 is 0 Å². The Hall–Kier alpha value is 0.0900. The standard InChI is InChI=1S/C5H10S.C2H6/c1-4-6-5(2)3;1-2/h2,4H2,1,3H3;1-2H3. The van der Waals surface area contributed by atoms with E-state index < -0.39 is 0 Å². The quantitative estimate of drug-likeness (QED) is 0.555. The van der Waals surface area contributed by atoms with E-state index in [2.05, 4.69) is 13.5 Å². The molecule has 0 aliphatic carbocycles. The van der Waals surface area contributed by atoms with E-state index in [4.69, 9.17) is 0 Å². The molecule has 0 aliphatic heterocycles. The lowest BCUT2D eigenvalue weighted by Crippen LogP contribution is -1.62. The second kappa shape index (κ2) is 10.1. The predicted molar refractivity (Wildman–Crippen MR) is 44.3 cm³/mol. The minimum absolute atomic E-state index is 1.15. The summed E-state index contributed by atoms with van der Waals surface area (Å²) in [6.45, 7) is 11.9. The molecule has 1 heteroatoms. The molecule has 0 radical (unpaired) electrons. The molecule has 0 aromatic rings. The van der Waals surface area contributed by atoms with Crippen LogP contribution in [-0.4, -0.2) is 5.75 Å². The van der Waals surface area contributed by atoms with Crippen molar-refractivity contribution in [1.82, 2.24) is 0 Å². The Balaban J connectivity index is 0. The highest BCUT2D eigenvalue weighted by molar-refractivity contribution is 8.02. The molecule has 50 valence electrons. The van der Waals surface area contributed by atoms with Gasteiger partial charge >= 0.3 is 0 Å². The van der Waals surface area contributed by atoms with E-state index in [9.17, 15) is 0 Å². The molecule has 0 saturated carbocycles. The first kappa shape index (κ1) is 11.0. The molecule has 0 aromatic heterocycles. The van der Waals surface area contributed by atoms with Crippen molar-refractivity contribution in [3.8, 4) is 0 Å². The Morgan fingerprint density at radius 2 is 1.88 bits per heavy atom. The molecule has 0 bridgehead atoms. The third kappa shape index (κ3) is 16.5. The zero-order valence-electron chi connectivity index (χ0n) is 6.32. The first-order valence-corrected chi connectivity index (χ1v) is 4.04. The van der Waals surface area contributed by atoms with Gasteiger partial charge in [-0.15, -0.1) is 11.8 Å². The molecule has 8 heavy (non-hydrogen) atoms. The summed E-state index contributed by atoms with van der Waals surface area (Å²) in [4.78, 5) is 1.21. The number of rotatable bonds is 2. The first-order valence-electron chi connectivity index (χ1n) is 3.05. The van der Waals surface area contributed by atoms with Crippen LogP contribution in [0.15, 0.2) is 11.5 Å². The van der Waals surface area contributed by atoms with Gasteiger partial charge in [0.25, 0.3) is 0 Å². The lowest BCUT2D eigenvalue weighted by atomic mass is 10.8. The minimum atomic E-state index is 1.15. The number of hydrogen-bond donors (Lipinski definition) is 0. The van der Waals surface area contributed by atoms with Gasteiger partial charge in [-0.1, -0.05) is 27.4 Å². The van der Waals surface area contributed by atoms with Crippen LogP contribution in [0.25, 0.3) is 0 Å². The van der Waals surface area contributed by atoms with Gasteiger partial charge in [0.15, 0.2) is 0 Å². The molecule has 0 atom stereocenters. The normalized spacial score (nSPS) is 7.00. The Kier molecular flexibility index (Phi) is 13.9. The van der Waals surface area contributed by atoms with E-state index in [-0.39, 0.29) is 0 Å². The van der Waals surface area contributed by atoms with Gasteiger partial charge in [0, 0.05) is 0 Å². The Bertz CT molecular complexity index is 48.3. The maximum absolute atomic E-state index is 3.71. The van der Waals surface area contributed by atoms with Crippen LogP contribution in [-0.2, 0) is 0 Å². The van der Waals surface area contributed by atoms with Crippen LogP contribution in [0.4, 0.5) is 0 Å². The van der Waals surface area contributed by atoms with E-state index in [1.165, 1.54) is 4.91 Å². The molecule has 0 unspecified atom stereocenters. The molecule has 0 heterocycles. The molecule has 0 N–H and O–H groups in total. The second-order valence-electron chi connectivity index (χ2n) is 1.14. The number of thioether (sulfide) groups is 1. The summed E-state index contributed by atoms with van der Waals surface area (Å²) in [5.41, 5.74) is 0. The first-order chi connectivity index (χ1) is 3.77. The van der Waals surface area contributed by atoms with Gasteiger partial charge in [-0.25, -0.2) is 0 Å². The van der Waals surface area contributed by atoms with Crippen molar-refractivity contribution in [2.75, 3.05) is 5.75 Å². The molecular weight excluding hydrogens is 116 g/mol. The predicted octanol–water partition coefficient (Wildman–Crippen LogP) is 3.30. The minimum Gasteiger partial charge on any atom is -0.132 e. The number of allylic oxidation sites excluding steroid dienone is 1. The summed E-state index contributed by atoms with van der Waals surface area (Å²) in [5.74, 6) is 1.15. The maximum atomic E-state index is 3.71. The molecular formula is C7H16S. The van der Waals surface area contributed by atoms with E-state index in [1.807, 2.05) is 20.8 Å². The average molecular weight is 132 g/mol. The molecule has 0 saturated heterocycles. The average Bonchev–Trinajstić information content (AvgIpc) is 1.72. The molecule has 0 amide bonds. The molecule has 0 fully saturated rings. The van der Waals surface area contributed by atoms with Crippen LogP contribution in [0.3, 0.4) is 0 Å². The van der Waals surface area contributed by atoms with Gasteiger partial charge in [-0.05, 0) is 17.6 Å². The fourth-order valence-electron chi connectivity index (χ4n) is 0.246. The topological polar surface area (TPSA) is 0 Å². The molecule has 0 aromatic carbocycles. The van der Waals surface area contributed by atoms with Gasteiger partial charge in [-0.2, -0.15) is 0 Å². The zero-order chi connectivity index (χ0) is 6.99. The lowest BCUT2D eigenvalue weighted by molar-refractivity contribution is 1.50.